The lowest BCUT2D eigenvalue weighted by molar-refractivity contribution is -0.384. The van der Waals surface area contributed by atoms with Crippen LogP contribution < -0.4 is 4.90 Å². The molecule has 2 heterocycles. The van der Waals surface area contributed by atoms with Crippen LogP contribution in [0.15, 0.2) is 30.3 Å². The molecule has 7 nitrogen and oxygen atoms in total. The summed E-state index contributed by atoms with van der Waals surface area (Å²) < 4.78 is 0. The molecule has 0 unspecified atom stereocenters. The Balaban J connectivity index is 1.95. The molecule has 0 saturated carbocycles. The van der Waals surface area contributed by atoms with Crippen LogP contribution in [0.1, 0.15) is 25.5 Å². The fourth-order valence-corrected chi connectivity index (χ4v) is 3.42. The molecule has 1 fully saturated rings. The fraction of sp³-hybridized carbons (Fsp3) is 0.474. The maximum Gasteiger partial charge on any atom is 0.269 e. The zero-order valence-corrected chi connectivity index (χ0v) is 15.6. The van der Waals surface area contributed by atoms with Gasteiger partial charge in [0, 0.05) is 48.6 Å². The van der Waals surface area contributed by atoms with E-state index in [9.17, 15) is 10.1 Å². The number of likely N-dealkylation sites (N-methyl/N-ethyl adjacent to an activating group) is 1. The van der Waals surface area contributed by atoms with Crippen molar-refractivity contribution in [2.24, 2.45) is 0 Å². The lowest BCUT2D eigenvalue weighted by Crippen LogP contribution is -2.38. The van der Waals surface area contributed by atoms with Gasteiger partial charge in [0.1, 0.15) is 5.82 Å². The second-order valence-electron chi connectivity index (χ2n) is 6.95. The van der Waals surface area contributed by atoms with E-state index in [1.165, 1.54) is 12.1 Å². The molecule has 0 aliphatic carbocycles. The summed E-state index contributed by atoms with van der Waals surface area (Å²) in [5.74, 6) is 1.58. The maximum absolute atomic E-state index is 10.9. The molecule has 26 heavy (non-hydrogen) atoms. The zero-order valence-electron chi connectivity index (χ0n) is 15.6. The van der Waals surface area contributed by atoms with Crippen molar-refractivity contribution in [3.63, 3.8) is 0 Å². The van der Waals surface area contributed by atoms with Crippen LogP contribution >= 0.6 is 0 Å². The second kappa shape index (κ2) is 7.78. The minimum absolute atomic E-state index is 0.0752. The molecule has 1 aliphatic rings. The first-order valence-electron chi connectivity index (χ1n) is 9.02. The van der Waals surface area contributed by atoms with Crippen LogP contribution in [0.4, 0.5) is 11.5 Å². The van der Waals surface area contributed by atoms with Gasteiger partial charge in [-0.15, -0.1) is 0 Å². The molecule has 3 rings (SSSR count). The van der Waals surface area contributed by atoms with Crippen LogP contribution in [0.5, 0.6) is 0 Å². The molecular weight excluding hydrogens is 330 g/mol. The first kappa shape index (κ1) is 18.3. The number of aryl methyl sites for hydroxylation is 1. The topological polar surface area (TPSA) is 75.4 Å². The maximum atomic E-state index is 10.9. The molecule has 1 aliphatic heterocycles. The van der Waals surface area contributed by atoms with Crippen molar-refractivity contribution in [1.82, 2.24) is 14.9 Å². The molecule has 1 atom stereocenters. The third-order valence-electron chi connectivity index (χ3n) is 4.71. The minimum Gasteiger partial charge on any atom is -0.352 e. The molecular formula is C19H25N5O2. The number of benzene rings is 1. The Morgan fingerprint density at radius 2 is 2.00 bits per heavy atom. The Hall–Kier alpha value is -2.54. The third-order valence-corrected chi connectivity index (χ3v) is 4.71. The van der Waals surface area contributed by atoms with Crippen molar-refractivity contribution in [1.29, 1.82) is 0 Å². The van der Waals surface area contributed by atoms with E-state index in [0.717, 1.165) is 49.4 Å². The second-order valence-corrected chi connectivity index (χ2v) is 6.95. The summed E-state index contributed by atoms with van der Waals surface area (Å²) in [5.41, 5.74) is 1.86. The van der Waals surface area contributed by atoms with Gasteiger partial charge >= 0.3 is 0 Å². The molecule has 138 valence electrons. The van der Waals surface area contributed by atoms with E-state index in [0.29, 0.717) is 11.9 Å². The number of anilines is 1. The Morgan fingerprint density at radius 3 is 2.62 bits per heavy atom. The number of aromatic nitrogens is 2. The van der Waals surface area contributed by atoms with Gasteiger partial charge in [0.2, 0.25) is 0 Å². The van der Waals surface area contributed by atoms with Gasteiger partial charge in [0.05, 0.1) is 4.92 Å². The highest BCUT2D eigenvalue weighted by molar-refractivity contribution is 5.60. The van der Waals surface area contributed by atoms with Crippen LogP contribution in [0.25, 0.3) is 11.4 Å². The fourth-order valence-electron chi connectivity index (χ4n) is 3.42. The van der Waals surface area contributed by atoms with Crippen molar-refractivity contribution < 1.29 is 4.92 Å². The summed E-state index contributed by atoms with van der Waals surface area (Å²) in [6, 6.07) is 8.97. The number of rotatable bonds is 6. The van der Waals surface area contributed by atoms with Crippen LogP contribution in [-0.4, -0.2) is 53.0 Å². The average molecular weight is 355 g/mol. The SMILES string of the molecule is CCc1cc(N2CCC[C@H]2CN(C)C)nc(-c2ccc([N+](=O)[O-])cc2)n1. The van der Waals surface area contributed by atoms with Crippen molar-refractivity contribution in [2.45, 2.75) is 32.2 Å². The number of hydrogen-bond donors (Lipinski definition) is 0. The van der Waals surface area contributed by atoms with Gasteiger partial charge < -0.3 is 9.80 Å². The monoisotopic (exact) mass is 355 g/mol. The van der Waals surface area contributed by atoms with E-state index in [-0.39, 0.29) is 5.69 Å². The zero-order chi connectivity index (χ0) is 18.7. The average Bonchev–Trinajstić information content (AvgIpc) is 3.08. The van der Waals surface area contributed by atoms with Crippen molar-refractivity contribution in [2.75, 3.05) is 32.1 Å². The van der Waals surface area contributed by atoms with E-state index in [2.05, 4.69) is 41.9 Å². The van der Waals surface area contributed by atoms with Gasteiger partial charge in [-0.1, -0.05) is 6.92 Å². The van der Waals surface area contributed by atoms with E-state index < -0.39 is 4.92 Å². The Morgan fingerprint density at radius 1 is 1.27 bits per heavy atom. The first-order chi connectivity index (χ1) is 12.5. The molecule has 0 bridgehead atoms. The summed E-state index contributed by atoms with van der Waals surface area (Å²) in [7, 11) is 4.19. The standard InChI is InChI=1S/C19H25N5O2/c1-4-15-12-18(23-11-5-6-17(23)13-22(2)3)21-19(20-15)14-7-9-16(10-8-14)24(25)26/h7-10,12,17H,4-6,11,13H2,1-3H3/t17-/m0/s1. The van der Waals surface area contributed by atoms with Crippen molar-refractivity contribution in [3.8, 4) is 11.4 Å². The summed E-state index contributed by atoms with van der Waals surface area (Å²) >= 11 is 0. The molecule has 1 aromatic heterocycles. The van der Waals surface area contributed by atoms with Crippen molar-refractivity contribution >= 4 is 11.5 Å². The quantitative estimate of drug-likeness (QED) is 0.585. The number of nitro benzene ring substituents is 1. The van der Waals surface area contributed by atoms with Crippen LogP contribution in [0, 0.1) is 10.1 Å². The Labute approximate surface area is 153 Å². The van der Waals surface area contributed by atoms with Crippen LogP contribution in [0.2, 0.25) is 0 Å². The van der Waals surface area contributed by atoms with Gasteiger partial charge in [0.15, 0.2) is 5.82 Å². The number of non-ortho nitro benzene ring substituents is 1. The van der Waals surface area contributed by atoms with Gasteiger partial charge in [-0.25, -0.2) is 9.97 Å². The molecule has 1 aromatic carbocycles. The first-order valence-corrected chi connectivity index (χ1v) is 9.02. The molecule has 0 N–H and O–H groups in total. The molecule has 0 amide bonds. The van der Waals surface area contributed by atoms with Gasteiger partial charge in [0.25, 0.3) is 5.69 Å². The summed E-state index contributed by atoms with van der Waals surface area (Å²) in [6.45, 7) is 4.07. The lowest BCUT2D eigenvalue weighted by Gasteiger charge is -2.28. The third kappa shape index (κ3) is 3.99. The lowest BCUT2D eigenvalue weighted by atomic mass is 10.1. The summed E-state index contributed by atoms with van der Waals surface area (Å²) in [4.78, 5) is 24.5. The minimum atomic E-state index is -0.394. The van der Waals surface area contributed by atoms with E-state index in [1.54, 1.807) is 12.1 Å². The van der Waals surface area contributed by atoms with E-state index >= 15 is 0 Å². The van der Waals surface area contributed by atoms with Crippen LogP contribution in [-0.2, 0) is 6.42 Å². The van der Waals surface area contributed by atoms with Gasteiger partial charge in [-0.3, -0.25) is 10.1 Å². The Bertz CT molecular complexity index is 776. The Kier molecular flexibility index (Phi) is 5.46. The predicted molar refractivity (Wildman–Crippen MR) is 102 cm³/mol. The molecule has 7 heteroatoms. The number of nitro groups is 1. The highest BCUT2D eigenvalue weighted by Gasteiger charge is 2.27. The predicted octanol–water partition coefficient (Wildman–Crippen LogP) is 3.14. The molecule has 0 radical (unpaired) electrons. The molecule has 1 saturated heterocycles. The number of hydrogen-bond acceptors (Lipinski definition) is 6. The van der Waals surface area contributed by atoms with E-state index in [1.807, 2.05) is 0 Å². The van der Waals surface area contributed by atoms with Gasteiger partial charge in [-0.2, -0.15) is 0 Å². The molecule has 0 spiro atoms. The van der Waals surface area contributed by atoms with Crippen LogP contribution in [0.3, 0.4) is 0 Å². The summed E-state index contributed by atoms with van der Waals surface area (Å²) in [5, 5.41) is 10.9. The smallest absolute Gasteiger partial charge is 0.269 e. The highest BCUT2D eigenvalue weighted by Crippen LogP contribution is 2.28. The van der Waals surface area contributed by atoms with Gasteiger partial charge in [-0.05, 0) is 45.5 Å². The number of nitrogens with zero attached hydrogens (tertiary/aromatic N) is 5. The normalized spacial score (nSPS) is 17.1. The van der Waals surface area contributed by atoms with E-state index in [4.69, 9.17) is 4.98 Å². The largest absolute Gasteiger partial charge is 0.352 e. The summed E-state index contributed by atoms with van der Waals surface area (Å²) in [6.07, 6.45) is 3.15. The van der Waals surface area contributed by atoms with Crippen molar-refractivity contribution in [3.05, 3.63) is 46.1 Å². The molecule has 2 aromatic rings. The highest BCUT2D eigenvalue weighted by atomic mass is 16.6.